The Hall–Kier alpha value is -2.15. The van der Waals surface area contributed by atoms with E-state index in [1.807, 2.05) is 13.8 Å². The van der Waals surface area contributed by atoms with Gasteiger partial charge in [-0.05, 0) is 36.6 Å². The number of aromatic nitrogens is 2. The van der Waals surface area contributed by atoms with E-state index in [2.05, 4.69) is 5.10 Å². The molecule has 0 spiro atoms. The molecule has 0 saturated carbocycles. The van der Waals surface area contributed by atoms with Crippen LogP contribution in [0.5, 0.6) is 0 Å². The van der Waals surface area contributed by atoms with Gasteiger partial charge in [0.25, 0.3) is 5.56 Å². The number of nitrogens with one attached hydrogen (secondary N) is 1. The molecule has 0 fully saturated rings. The van der Waals surface area contributed by atoms with Crippen LogP contribution in [0.25, 0.3) is 0 Å². The van der Waals surface area contributed by atoms with Crippen molar-refractivity contribution < 1.29 is 13.2 Å². The number of sulfone groups is 1. The molecule has 1 atom stereocenters. The Labute approximate surface area is 140 Å². The molecule has 1 unspecified atom stereocenters. The molecule has 0 saturated heterocycles. The highest BCUT2D eigenvalue weighted by molar-refractivity contribution is 7.91. The minimum Gasteiger partial charge on any atom is -0.302 e. The number of benzene rings is 1. The first kappa shape index (κ1) is 16.7. The molecular formula is C17H20N2O4S. The second-order valence-corrected chi connectivity index (χ2v) is 8.62. The molecule has 0 aliphatic carbocycles. The predicted molar refractivity (Wildman–Crippen MR) is 90.3 cm³/mol. The molecule has 2 heterocycles. The monoisotopic (exact) mass is 348 g/mol. The van der Waals surface area contributed by atoms with Crippen molar-refractivity contribution in [3.63, 3.8) is 0 Å². The van der Waals surface area contributed by atoms with Crippen LogP contribution in [0.2, 0.25) is 0 Å². The van der Waals surface area contributed by atoms with Crippen LogP contribution in [0.3, 0.4) is 0 Å². The number of fused-ring (bicyclic) bond motifs is 1. The minimum absolute atomic E-state index is 0.0518. The van der Waals surface area contributed by atoms with Crippen LogP contribution >= 0.6 is 0 Å². The molecule has 6 nitrogen and oxygen atoms in total. The lowest BCUT2D eigenvalue weighted by Gasteiger charge is -2.24. The van der Waals surface area contributed by atoms with Gasteiger partial charge in [0.1, 0.15) is 5.56 Å². The average Bonchev–Trinajstić information content (AvgIpc) is 2.95. The van der Waals surface area contributed by atoms with E-state index in [9.17, 15) is 18.0 Å². The van der Waals surface area contributed by atoms with Gasteiger partial charge in [-0.2, -0.15) is 0 Å². The fourth-order valence-electron chi connectivity index (χ4n) is 3.56. The molecule has 1 aromatic heterocycles. The second-order valence-electron chi connectivity index (χ2n) is 6.66. The molecule has 3 rings (SSSR count). The molecular weight excluding hydrogens is 328 g/mol. The number of nitrogens with zero attached hydrogens (tertiary/aromatic N) is 1. The van der Waals surface area contributed by atoms with Gasteiger partial charge in [0, 0.05) is 24.2 Å². The number of H-pyrrole nitrogens is 1. The molecule has 1 aliphatic rings. The smallest absolute Gasteiger partial charge is 0.277 e. The third-order valence-corrected chi connectivity index (χ3v) is 7.11. The molecule has 1 N–H and O–H groups in total. The van der Waals surface area contributed by atoms with Crippen LogP contribution in [-0.2, 0) is 22.3 Å². The van der Waals surface area contributed by atoms with Crippen LogP contribution in [0.1, 0.15) is 47.3 Å². The molecule has 0 bridgehead atoms. The maximum absolute atomic E-state index is 12.8. The predicted octanol–water partition coefficient (Wildman–Crippen LogP) is 1.71. The summed E-state index contributed by atoms with van der Waals surface area (Å²) in [5, 5.41) is 2.69. The summed E-state index contributed by atoms with van der Waals surface area (Å²) >= 11 is 0. The Kier molecular flexibility index (Phi) is 3.60. The van der Waals surface area contributed by atoms with Gasteiger partial charge in [0.05, 0.1) is 10.6 Å². The van der Waals surface area contributed by atoms with Crippen LogP contribution in [0, 0.1) is 6.92 Å². The summed E-state index contributed by atoms with van der Waals surface area (Å²) in [5.74, 6) is -0.337. The van der Waals surface area contributed by atoms with E-state index in [0.717, 1.165) is 0 Å². The minimum atomic E-state index is -3.34. The first-order valence-corrected chi connectivity index (χ1v) is 9.43. The highest BCUT2D eigenvalue weighted by Gasteiger charge is 2.44. The van der Waals surface area contributed by atoms with Gasteiger partial charge in [-0.25, -0.2) is 8.42 Å². The van der Waals surface area contributed by atoms with Crippen molar-refractivity contribution in [1.29, 1.82) is 0 Å². The summed E-state index contributed by atoms with van der Waals surface area (Å²) in [6.45, 7) is 5.62. The number of hydrogen-bond donors (Lipinski definition) is 1. The standard InChI is InChI=1S/C17H20N2O4S/c1-5-17(3)9-24(22,23)13-7-6-11(10(2)14(13)17)15(20)12-8-18-19(4)16(12)21/h6-8,18H,5,9H2,1-4H3. The van der Waals surface area contributed by atoms with Gasteiger partial charge in [0.15, 0.2) is 15.6 Å². The molecule has 1 aromatic carbocycles. The zero-order valence-corrected chi connectivity index (χ0v) is 15.0. The van der Waals surface area contributed by atoms with E-state index in [4.69, 9.17) is 0 Å². The van der Waals surface area contributed by atoms with Gasteiger partial charge in [0.2, 0.25) is 0 Å². The Balaban J connectivity index is 2.25. The second kappa shape index (κ2) is 5.17. The normalized spacial score (nSPS) is 21.7. The lowest BCUT2D eigenvalue weighted by Crippen LogP contribution is -2.25. The third-order valence-electron chi connectivity index (χ3n) is 5.08. The Morgan fingerprint density at radius 1 is 1.33 bits per heavy atom. The van der Waals surface area contributed by atoms with Gasteiger partial charge in [-0.3, -0.25) is 14.3 Å². The van der Waals surface area contributed by atoms with Crippen molar-refractivity contribution in [1.82, 2.24) is 9.78 Å². The van der Waals surface area contributed by atoms with Gasteiger partial charge in [-0.1, -0.05) is 13.8 Å². The van der Waals surface area contributed by atoms with E-state index >= 15 is 0 Å². The van der Waals surface area contributed by atoms with Crippen LogP contribution in [0.4, 0.5) is 0 Å². The first-order chi connectivity index (χ1) is 11.1. The average molecular weight is 348 g/mol. The maximum atomic E-state index is 12.8. The molecule has 0 amide bonds. The van der Waals surface area contributed by atoms with Crippen molar-refractivity contribution in [3.05, 3.63) is 50.9 Å². The Bertz CT molecular complexity index is 1010. The van der Waals surface area contributed by atoms with Crippen molar-refractivity contribution in [2.45, 2.75) is 37.5 Å². The summed E-state index contributed by atoms with van der Waals surface area (Å²) in [5.41, 5.74) is 0.875. The number of carbonyl (C=O) groups is 1. The van der Waals surface area contributed by atoms with E-state index in [1.54, 1.807) is 6.92 Å². The third kappa shape index (κ3) is 2.18. The summed E-state index contributed by atoms with van der Waals surface area (Å²) < 4.78 is 26.1. The Morgan fingerprint density at radius 3 is 2.54 bits per heavy atom. The van der Waals surface area contributed by atoms with Crippen molar-refractivity contribution in [3.8, 4) is 0 Å². The van der Waals surface area contributed by atoms with Crippen LogP contribution in [0.15, 0.2) is 28.0 Å². The quantitative estimate of drug-likeness (QED) is 0.855. The number of aromatic amines is 1. The SMILES string of the molecule is CCC1(C)CS(=O)(=O)c2ccc(C(=O)c3c[nH]n(C)c3=O)c(C)c21. The topological polar surface area (TPSA) is 89.0 Å². The molecule has 1 aliphatic heterocycles. The van der Waals surface area contributed by atoms with E-state index in [1.165, 1.54) is 30.1 Å². The van der Waals surface area contributed by atoms with Gasteiger partial charge in [-0.15, -0.1) is 0 Å². The molecule has 7 heteroatoms. The molecule has 128 valence electrons. The highest BCUT2D eigenvalue weighted by atomic mass is 32.2. The van der Waals surface area contributed by atoms with Crippen molar-refractivity contribution in [2.75, 3.05) is 5.75 Å². The summed E-state index contributed by atoms with van der Waals surface area (Å²) in [6.07, 6.45) is 2.04. The van der Waals surface area contributed by atoms with Crippen LogP contribution < -0.4 is 5.56 Å². The van der Waals surface area contributed by atoms with E-state index in [0.29, 0.717) is 28.0 Å². The fraction of sp³-hybridized carbons (Fsp3) is 0.412. The van der Waals surface area contributed by atoms with Crippen molar-refractivity contribution >= 4 is 15.6 Å². The number of carbonyl (C=O) groups excluding carboxylic acids is 1. The highest BCUT2D eigenvalue weighted by Crippen LogP contribution is 2.44. The van der Waals surface area contributed by atoms with E-state index in [-0.39, 0.29) is 17.1 Å². The van der Waals surface area contributed by atoms with Gasteiger partial charge < -0.3 is 5.10 Å². The number of aryl methyl sites for hydroxylation is 1. The number of hydrogen-bond acceptors (Lipinski definition) is 4. The molecule has 2 aromatic rings. The zero-order chi connectivity index (χ0) is 17.9. The Morgan fingerprint density at radius 2 is 2.00 bits per heavy atom. The zero-order valence-electron chi connectivity index (χ0n) is 14.1. The lowest BCUT2D eigenvalue weighted by molar-refractivity contribution is 0.103. The molecule has 0 radical (unpaired) electrons. The summed E-state index contributed by atoms with van der Waals surface area (Å²) in [4.78, 5) is 25.1. The first-order valence-electron chi connectivity index (χ1n) is 7.78. The van der Waals surface area contributed by atoms with Crippen molar-refractivity contribution in [2.24, 2.45) is 7.05 Å². The maximum Gasteiger partial charge on any atom is 0.277 e. The fourth-order valence-corrected chi connectivity index (χ4v) is 5.89. The number of rotatable bonds is 3. The van der Waals surface area contributed by atoms with Crippen LogP contribution in [-0.4, -0.2) is 29.7 Å². The number of ketones is 1. The van der Waals surface area contributed by atoms with E-state index < -0.39 is 20.8 Å². The van der Waals surface area contributed by atoms with Gasteiger partial charge >= 0.3 is 0 Å². The largest absolute Gasteiger partial charge is 0.302 e. The molecule has 24 heavy (non-hydrogen) atoms. The summed E-state index contributed by atoms with van der Waals surface area (Å²) in [7, 11) is -1.81. The lowest BCUT2D eigenvalue weighted by atomic mass is 9.78. The summed E-state index contributed by atoms with van der Waals surface area (Å²) in [6, 6.07) is 3.02.